The minimum atomic E-state index is -0.402. The second-order valence-electron chi connectivity index (χ2n) is 4.84. The van der Waals surface area contributed by atoms with Crippen LogP contribution in [0.3, 0.4) is 0 Å². The average molecular weight is 360 g/mol. The molecule has 22 heavy (non-hydrogen) atoms. The summed E-state index contributed by atoms with van der Waals surface area (Å²) < 4.78 is 11.8. The summed E-state index contributed by atoms with van der Waals surface area (Å²) in [5.74, 6) is 1.03. The molecule has 0 aliphatic rings. The lowest BCUT2D eigenvalue weighted by Gasteiger charge is -2.06. The number of fused-ring (bicyclic) bond motifs is 1. The van der Waals surface area contributed by atoms with Crippen molar-refractivity contribution in [2.75, 3.05) is 6.61 Å². The number of aromatic nitrogens is 1. The molecule has 2 aromatic carbocycles. The van der Waals surface area contributed by atoms with E-state index >= 15 is 0 Å². The molecule has 0 unspecified atom stereocenters. The van der Waals surface area contributed by atoms with Gasteiger partial charge in [0, 0.05) is 10.0 Å². The standard InChI is InChI=1S/C17H14BrNO3/c1-2-8-21-13-5-3-4-11(9-13)16-19-15-7-6-12(18)10-14(15)17(20)22-16/h3-7,9-10H,2,8H2,1H3. The first-order valence-electron chi connectivity index (χ1n) is 7.01. The van der Waals surface area contributed by atoms with Gasteiger partial charge in [0.2, 0.25) is 5.89 Å². The van der Waals surface area contributed by atoms with Crippen molar-refractivity contribution in [2.45, 2.75) is 13.3 Å². The molecule has 0 aliphatic heterocycles. The van der Waals surface area contributed by atoms with Crippen molar-refractivity contribution in [3.63, 3.8) is 0 Å². The molecular formula is C17H14BrNO3. The minimum Gasteiger partial charge on any atom is -0.494 e. The van der Waals surface area contributed by atoms with Gasteiger partial charge in [0.15, 0.2) is 0 Å². The molecule has 0 spiro atoms. The second-order valence-corrected chi connectivity index (χ2v) is 5.76. The molecule has 1 heterocycles. The zero-order valence-corrected chi connectivity index (χ0v) is 13.6. The Balaban J connectivity index is 2.07. The molecule has 0 atom stereocenters. The van der Waals surface area contributed by atoms with Crippen LogP contribution < -0.4 is 10.4 Å². The van der Waals surface area contributed by atoms with Gasteiger partial charge in [-0.2, -0.15) is 0 Å². The number of benzene rings is 2. The van der Waals surface area contributed by atoms with E-state index in [9.17, 15) is 4.79 Å². The molecule has 3 aromatic rings. The highest BCUT2D eigenvalue weighted by Gasteiger charge is 2.09. The van der Waals surface area contributed by atoms with Crippen LogP contribution in [0.15, 0.2) is 56.1 Å². The Kier molecular flexibility index (Phi) is 4.24. The van der Waals surface area contributed by atoms with Gasteiger partial charge in [-0.1, -0.05) is 28.9 Å². The van der Waals surface area contributed by atoms with Gasteiger partial charge in [0.05, 0.1) is 17.5 Å². The summed E-state index contributed by atoms with van der Waals surface area (Å²) in [6.07, 6.45) is 0.933. The Labute approximate surface area is 135 Å². The van der Waals surface area contributed by atoms with E-state index in [1.807, 2.05) is 37.3 Å². The quantitative estimate of drug-likeness (QED) is 0.692. The molecular weight excluding hydrogens is 346 g/mol. The number of nitrogens with zero attached hydrogens (tertiary/aromatic N) is 1. The molecule has 0 bridgehead atoms. The molecule has 0 radical (unpaired) electrons. The third kappa shape index (κ3) is 3.04. The molecule has 112 valence electrons. The predicted octanol–water partition coefficient (Wildman–Crippen LogP) is 4.41. The maximum atomic E-state index is 12.1. The van der Waals surface area contributed by atoms with Gasteiger partial charge < -0.3 is 9.15 Å². The largest absolute Gasteiger partial charge is 0.494 e. The maximum Gasteiger partial charge on any atom is 0.347 e. The Morgan fingerprint density at radius 3 is 2.91 bits per heavy atom. The predicted molar refractivity (Wildman–Crippen MR) is 89.2 cm³/mol. The molecule has 0 fully saturated rings. The number of rotatable bonds is 4. The highest BCUT2D eigenvalue weighted by molar-refractivity contribution is 9.10. The number of ether oxygens (including phenoxy) is 1. The lowest BCUT2D eigenvalue weighted by Crippen LogP contribution is -2.03. The molecule has 0 aliphatic carbocycles. The van der Waals surface area contributed by atoms with Crippen molar-refractivity contribution in [1.29, 1.82) is 0 Å². The monoisotopic (exact) mass is 359 g/mol. The molecule has 5 heteroatoms. The summed E-state index contributed by atoms with van der Waals surface area (Å²) >= 11 is 3.34. The molecule has 0 amide bonds. The lowest BCUT2D eigenvalue weighted by atomic mass is 10.2. The molecule has 3 rings (SSSR count). The summed E-state index contributed by atoms with van der Waals surface area (Å²) in [4.78, 5) is 16.5. The van der Waals surface area contributed by atoms with E-state index in [1.54, 1.807) is 12.1 Å². The van der Waals surface area contributed by atoms with Crippen LogP contribution in [0.4, 0.5) is 0 Å². The average Bonchev–Trinajstić information content (AvgIpc) is 2.53. The minimum absolute atomic E-state index is 0.293. The van der Waals surface area contributed by atoms with Crippen molar-refractivity contribution in [3.05, 3.63) is 57.4 Å². The Bertz CT molecular complexity index is 873. The fourth-order valence-electron chi connectivity index (χ4n) is 2.11. The van der Waals surface area contributed by atoms with Gasteiger partial charge in [0.1, 0.15) is 5.75 Å². The van der Waals surface area contributed by atoms with Gasteiger partial charge in [-0.05, 0) is 42.8 Å². The van der Waals surface area contributed by atoms with Crippen LogP contribution >= 0.6 is 15.9 Å². The Hall–Kier alpha value is -2.14. The zero-order valence-electron chi connectivity index (χ0n) is 12.0. The molecule has 0 saturated heterocycles. The summed E-state index contributed by atoms with van der Waals surface area (Å²) in [5.41, 5.74) is 0.922. The van der Waals surface area contributed by atoms with Gasteiger partial charge in [-0.15, -0.1) is 0 Å². The SMILES string of the molecule is CCCOc1cccc(-c2nc3ccc(Br)cc3c(=O)o2)c1. The van der Waals surface area contributed by atoms with Gasteiger partial charge >= 0.3 is 5.63 Å². The van der Waals surface area contributed by atoms with E-state index in [4.69, 9.17) is 9.15 Å². The Morgan fingerprint density at radius 1 is 1.23 bits per heavy atom. The topological polar surface area (TPSA) is 52.3 Å². The highest BCUT2D eigenvalue weighted by atomic mass is 79.9. The number of halogens is 1. The van der Waals surface area contributed by atoms with Crippen LogP contribution in [0.2, 0.25) is 0 Å². The van der Waals surface area contributed by atoms with E-state index < -0.39 is 5.63 Å². The fraction of sp³-hybridized carbons (Fsp3) is 0.176. The maximum absolute atomic E-state index is 12.1. The van der Waals surface area contributed by atoms with Gasteiger partial charge in [-0.3, -0.25) is 0 Å². The summed E-state index contributed by atoms with van der Waals surface area (Å²) in [6, 6.07) is 12.7. The zero-order chi connectivity index (χ0) is 15.5. The van der Waals surface area contributed by atoms with Crippen molar-refractivity contribution >= 4 is 26.8 Å². The van der Waals surface area contributed by atoms with E-state index in [2.05, 4.69) is 20.9 Å². The first-order chi connectivity index (χ1) is 10.7. The van der Waals surface area contributed by atoms with Crippen LogP contribution in [0.1, 0.15) is 13.3 Å². The first kappa shape index (κ1) is 14.8. The highest BCUT2D eigenvalue weighted by Crippen LogP contribution is 2.24. The molecule has 1 aromatic heterocycles. The van der Waals surface area contributed by atoms with E-state index in [0.717, 1.165) is 22.2 Å². The smallest absolute Gasteiger partial charge is 0.347 e. The van der Waals surface area contributed by atoms with Gasteiger partial charge in [0.25, 0.3) is 0 Å². The van der Waals surface area contributed by atoms with E-state index in [0.29, 0.717) is 23.4 Å². The Morgan fingerprint density at radius 2 is 2.09 bits per heavy atom. The third-order valence-corrected chi connectivity index (χ3v) is 3.64. The third-order valence-electron chi connectivity index (χ3n) is 3.14. The molecule has 0 N–H and O–H groups in total. The van der Waals surface area contributed by atoms with Crippen LogP contribution in [-0.2, 0) is 0 Å². The van der Waals surface area contributed by atoms with Crippen molar-refractivity contribution in [1.82, 2.24) is 4.98 Å². The van der Waals surface area contributed by atoms with Crippen LogP contribution in [-0.4, -0.2) is 11.6 Å². The lowest BCUT2D eigenvalue weighted by molar-refractivity contribution is 0.317. The van der Waals surface area contributed by atoms with Crippen LogP contribution in [0, 0.1) is 0 Å². The summed E-state index contributed by atoms with van der Waals surface area (Å²) in [7, 11) is 0. The first-order valence-corrected chi connectivity index (χ1v) is 7.80. The fourth-order valence-corrected chi connectivity index (χ4v) is 2.47. The van der Waals surface area contributed by atoms with E-state index in [1.165, 1.54) is 0 Å². The van der Waals surface area contributed by atoms with Crippen molar-refractivity contribution in [3.8, 4) is 17.2 Å². The second kappa shape index (κ2) is 6.32. The normalized spacial score (nSPS) is 10.8. The van der Waals surface area contributed by atoms with Crippen molar-refractivity contribution in [2.24, 2.45) is 0 Å². The van der Waals surface area contributed by atoms with Crippen LogP contribution in [0.25, 0.3) is 22.4 Å². The summed E-state index contributed by atoms with van der Waals surface area (Å²) in [5, 5.41) is 0.455. The summed E-state index contributed by atoms with van der Waals surface area (Å²) in [6.45, 7) is 2.69. The van der Waals surface area contributed by atoms with E-state index in [-0.39, 0.29) is 0 Å². The number of hydrogen-bond acceptors (Lipinski definition) is 4. The van der Waals surface area contributed by atoms with Crippen LogP contribution in [0.5, 0.6) is 5.75 Å². The number of hydrogen-bond donors (Lipinski definition) is 0. The van der Waals surface area contributed by atoms with Gasteiger partial charge in [-0.25, -0.2) is 9.78 Å². The molecule has 4 nitrogen and oxygen atoms in total. The molecule has 0 saturated carbocycles. The van der Waals surface area contributed by atoms with Crippen molar-refractivity contribution < 1.29 is 9.15 Å².